The highest BCUT2D eigenvalue weighted by Gasteiger charge is 2.52. The number of amides is 1. The average molecular weight is 404 g/mol. The van der Waals surface area contributed by atoms with Gasteiger partial charge in [-0.1, -0.05) is 0 Å². The first kappa shape index (κ1) is 21.8. The van der Waals surface area contributed by atoms with Crippen molar-refractivity contribution in [1.29, 1.82) is 0 Å². The Morgan fingerprint density at radius 1 is 1.14 bits per heavy atom. The molecule has 2 saturated heterocycles. The Balaban J connectivity index is 1.63. The Morgan fingerprint density at radius 2 is 1.69 bits per heavy atom. The van der Waals surface area contributed by atoms with Crippen molar-refractivity contribution in [2.45, 2.75) is 78.2 Å². The van der Waals surface area contributed by atoms with E-state index in [1.807, 2.05) is 55.4 Å². The van der Waals surface area contributed by atoms with Crippen LogP contribution in [0, 0.1) is 0 Å². The van der Waals surface area contributed by atoms with Crippen molar-refractivity contribution in [3.63, 3.8) is 0 Å². The van der Waals surface area contributed by atoms with Gasteiger partial charge in [0, 0.05) is 43.5 Å². The van der Waals surface area contributed by atoms with Gasteiger partial charge in [0.2, 0.25) is 5.95 Å². The van der Waals surface area contributed by atoms with Gasteiger partial charge >= 0.3 is 13.2 Å². The maximum Gasteiger partial charge on any atom is 0.498 e. The predicted octanol–water partition coefficient (Wildman–Crippen LogP) is 2.22. The summed E-state index contributed by atoms with van der Waals surface area (Å²) in [6, 6.07) is 0.00461. The molecule has 2 aliphatic rings. The molecule has 8 nitrogen and oxygen atoms in total. The highest BCUT2D eigenvalue weighted by molar-refractivity contribution is 6.61. The van der Waals surface area contributed by atoms with Crippen LogP contribution in [0.15, 0.2) is 12.4 Å². The van der Waals surface area contributed by atoms with Gasteiger partial charge in [0.1, 0.15) is 5.60 Å². The number of piperazine rings is 1. The first-order chi connectivity index (χ1) is 13.3. The highest BCUT2D eigenvalue weighted by atomic mass is 16.7. The Hall–Kier alpha value is -1.87. The second-order valence-corrected chi connectivity index (χ2v) is 9.87. The molecule has 0 aromatic carbocycles. The fraction of sp³-hybridized carbons (Fsp3) is 0.750. The number of ether oxygens (including phenoxy) is 1. The van der Waals surface area contributed by atoms with Crippen LogP contribution in [0.1, 0.15) is 55.4 Å². The molecule has 1 amide bonds. The molecule has 0 bridgehead atoms. The Labute approximate surface area is 174 Å². The summed E-state index contributed by atoms with van der Waals surface area (Å²) in [5.41, 5.74) is -0.499. The molecule has 2 fully saturated rings. The molecule has 160 valence electrons. The van der Waals surface area contributed by atoms with Crippen LogP contribution in [0.3, 0.4) is 0 Å². The van der Waals surface area contributed by atoms with E-state index in [2.05, 4.69) is 14.9 Å². The lowest BCUT2D eigenvalue weighted by molar-refractivity contribution is 0.00578. The molecule has 1 atom stereocenters. The minimum atomic E-state index is -0.500. The molecule has 0 unspecified atom stereocenters. The summed E-state index contributed by atoms with van der Waals surface area (Å²) in [4.78, 5) is 25.3. The predicted molar refractivity (Wildman–Crippen MR) is 112 cm³/mol. The number of hydrogen-bond acceptors (Lipinski definition) is 7. The molecule has 9 heteroatoms. The van der Waals surface area contributed by atoms with E-state index < -0.39 is 23.9 Å². The van der Waals surface area contributed by atoms with E-state index >= 15 is 0 Å². The Morgan fingerprint density at radius 3 is 2.17 bits per heavy atom. The van der Waals surface area contributed by atoms with Gasteiger partial charge in [0.05, 0.1) is 11.2 Å². The molecule has 0 radical (unpaired) electrons. The van der Waals surface area contributed by atoms with Crippen molar-refractivity contribution in [3.05, 3.63) is 12.4 Å². The monoisotopic (exact) mass is 404 g/mol. The number of carbonyl (C=O) groups is 1. The SMILES string of the molecule is C[C@@H]1CN(c2ncc(B3OC(C)(C)C(C)(C)O3)cn2)CCN1C(=O)OC(C)(C)C. The lowest BCUT2D eigenvalue weighted by atomic mass is 9.81. The first-order valence-electron chi connectivity index (χ1n) is 10.2. The molecular formula is C20H33BN4O4. The highest BCUT2D eigenvalue weighted by Crippen LogP contribution is 2.36. The van der Waals surface area contributed by atoms with Crippen LogP contribution in [0.5, 0.6) is 0 Å². The van der Waals surface area contributed by atoms with E-state index in [1.165, 1.54) is 0 Å². The smallest absolute Gasteiger partial charge is 0.444 e. The molecule has 29 heavy (non-hydrogen) atoms. The number of rotatable bonds is 2. The number of aromatic nitrogens is 2. The molecule has 1 aromatic rings. The molecule has 0 spiro atoms. The number of nitrogens with zero attached hydrogens (tertiary/aromatic N) is 4. The molecule has 2 aliphatic heterocycles. The summed E-state index contributed by atoms with van der Waals surface area (Å²) in [6.45, 7) is 17.6. The average Bonchev–Trinajstić information content (AvgIpc) is 2.81. The van der Waals surface area contributed by atoms with Crippen LogP contribution >= 0.6 is 0 Å². The topological polar surface area (TPSA) is 77.0 Å². The molecule has 0 aliphatic carbocycles. The maximum atomic E-state index is 12.4. The van der Waals surface area contributed by atoms with E-state index in [4.69, 9.17) is 14.0 Å². The normalized spacial score (nSPS) is 24.0. The fourth-order valence-corrected chi connectivity index (χ4v) is 3.33. The van der Waals surface area contributed by atoms with Gasteiger partial charge < -0.3 is 23.8 Å². The lowest BCUT2D eigenvalue weighted by Crippen LogP contribution is -2.55. The summed E-state index contributed by atoms with van der Waals surface area (Å²) >= 11 is 0. The third-order valence-corrected chi connectivity index (χ3v) is 5.72. The molecular weight excluding hydrogens is 371 g/mol. The Kier molecular flexibility index (Phi) is 5.60. The zero-order valence-corrected chi connectivity index (χ0v) is 18.9. The van der Waals surface area contributed by atoms with Crippen LogP contribution in [0.25, 0.3) is 0 Å². The van der Waals surface area contributed by atoms with Crippen molar-refractivity contribution in [2.24, 2.45) is 0 Å². The van der Waals surface area contributed by atoms with E-state index in [1.54, 1.807) is 17.3 Å². The molecule has 3 rings (SSSR count). The van der Waals surface area contributed by atoms with Gasteiger partial charge in [0.15, 0.2) is 0 Å². The second-order valence-electron chi connectivity index (χ2n) is 9.87. The zero-order chi connectivity index (χ0) is 21.6. The molecule has 1 aromatic heterocycles. The van der Waals surface area contributed by atoms with Crippen LogP contribution in [0.4, 0.5) is 10.7 Å². The number of carbonyl (C=O) groups excluding carboxylic acids is 1. The number of anilines is 1. The van der Waals surface area contributed by atoms with Crippen LogP contribution in [-0.4, -0.2) is 70.6 Å². The number of hydrogen-bond donors (Lipinski definition) is 0. The van der Waals surface area contributed by atoms with Gasteiger partial charge in [0.25, 0.3) is 0 Å². The van der Waals surface area contributed by atoms with Gasteiger partial charge in [-0.05, 0) is 55.4 Å². The minimum Gasteiger partial charge on any atom is -0.444 e. The maximum absolute atomic E-state index is 12.4. The van der Waals surface area contributed by atoms with E-state index in [0.717, 1.165) is 5.46 Å². The van der Waals surface area contributed by atoms with Crippen LogP contribution in [-0.2, 0) is 14.0 Å². The van der Waals surface area contributed by atoms with Gasteiger partial charge in [-0.3, -0.25) is 0 Å². The van der Waals surface area contributed by atoms with Crippen molar-refractivity contribution in [3.8, 4) is 0 Å². The largest absolute Gasteiger partial charge is 0.498 e. The van der Waals surface area contributed by atoms with Crippen molar-refractivity contribution in [1.82, 2.24) is 14.9 Å². The summed E-state index contributed by atoms with van der Waals surface area (Å²) in [6.07, 6.45) is 3.24. The summed E-state index contributed by atoms with van der Waals surface area (Å²) in [5.74, 6) is 0.640. The van der Waals surface area contributed by atoms with Crippen molar-refractivity contribution >= 4 is 24.6 Å². The standard InChI is InChI=1S/C20H33BN4O4/c1-14-13-24(9-10-25(14)17(26)27-18(2,3)4)16-22-11-15(12-23-16)21-28-19(5,6)20(7,8)29-21/h11-12,14H,9-10,13H2,1-8H3/t14-/m1/s1. The minimum absolute atomic E-state index is 0.00461. The first-order valence-corrected chi connectivity index (χ1v) is 10.2. The van der Waals surface area contributed by atoms with Gasteiger partial charge in [-0.25, -0.2) is 14.8 Å². The summed E-state index contributed by atoms with van der Waals surface area (Å²) < 4.78 is 17.6. The quantitative estimate of drug-likeness (QED) is 0.700. The van der Waals surface area contributed by atoms with E-state index in [-0.39, 0.29) is 12.1 Å². The third-order valence-electron chi connectivity index (χ3n) is 5.72. The molecule has 0 saturated carbocycles. The van der Waals surface area contributed by atoms with E-state index in [9.17, 15) is 4.79 Å². The van der Waals surface area contributed by atoms with Crippen LogP contribution in [0.2, 0.25) is 0 Å². The zero-order valence-electron chi connectivity index (χ0n) is 18.9. The summed E-state index contributed by atoms with van der Waals surface area (Å²) in [7, 11) is -0.475. The second kappa shape index (κ2) is 7.43. The van der Waals surface area contributed by atoms with Crippen LogP contribution < -0.4 is 10.4 Å². The van der Waals surface area contributed by atoms with E-state index in [0.29, 0.717) is 25.6 Å². The fourth-order valence-electron chi connectivity index (χ4n) is 3.33. The lowest BCUT2D eigenvalue weighted by Gasteiger charge is -2.40. The van der Waals surface area contributed by atoms with Crippen molar-refractivity contribution < 1.29 is 18.8 Å². The van der Waals surface area contributed by atoms with Crippen molar-refractivity contribution in [2.75, 3.05) is 24.5 Å². The summed E-state index contributed by atoms with van der Waals surface area (Å²) in [5, 5.41) is 0. The third kappa shape index (κ3) is 4.66. The van der Waals surface area contributed by atoms with Gasteiger partial charge in [-0.2, -0.15) is 0 Å². The molecule has 3 heterocycles. The Bertz CT molecular complexity index is 732. The van der Waals surface area contributed by atoms with Gasteiger partial charge in [-0.15, -0.1) is 0 Å². The molecule has 0 N–H and O–H groups in total.